The van der Waals surface area contributed by atoms with Gasteiger partial charge in [0.15, 0.2) is 5.82 Å². The van der Waals surface area contributed by atoms with E-state index in [4.69, 9.17) is 5.73 Å². The molecule has 0 aromatic carbocycles. The SMILES string of the molecule is NC(=O)C1C=Nc2ncccc2C1. The number of aliphatic imine (C=N–C) groups is 1. The van der Waals surface area contributed by atoms with Gasteiger partial charge in [-0.15, -0.1) is 0 Å². The third-order valence-corrected chi connectivity index (χ3v) is 2.05. The summed E-state index contributed by atoms with van der Waals surface area (Å²) in [5, 5.41) is 0. The Balaban J connectivity index is 2.34. The molecule has 1 aromatic heterocycles. The van der Waals surface area contributed by atoms with Crippen molar-refractivity contribution in [3.63, 3.8) is 0 Å². The first-order valence-corrected chi connectivity index (χ1v) is 4.05. The second-order valence-electron chi connectivity index (χ2n) is 2.98. The molecular weight excluding hydrogens is 166 g/mol. The summed E-state index contributed by atoms with van der Waals surface area (Å²) in [4.78, 5) is 19.0. The lowest BCUT2D eigenvalue weighted by Gasteiger charge is -2.13. The third-order valence-electron chi connectivity index (χ3n) is 2.05. The maximum Gasteiger partial charge on any atom is 0.226 e. The van der Waals surface area contributed by atoms with Crippen LogP contribution in [0.15, 0.2) is 23.3 Å². The highest BCUT2D eigenvalue weighted by Gasteiger charge is 2.19. The van der Waals surface area contributed by atoms with Crippen molar-refractivity contribution >= 4 is 17.9 Å². The van der Waals surface area contributed by atoms with Crippen LogP contribution in [0.5, 0.6) is 0 Å². The number of pyridine rings is 1. The van der Waals surface area contributed by atoms with E-state index in [1.165, 1.54) is 0 Å². The maximum atomic E-state index is 10.9. The van der Waals surface area contributed by atoms with Gasteiger partial charge in [-0.25, -0.2) is 9.98 Å². The van der Waals surface area contributed by atoms with Crippen LogP contribution in [0.3, 0.4) is 0 Å². The van der Waals surface area contributed by atoms with Crippen LogP contribution in [-0.2, 0) is 11.2 Å². The van der Waals surface area contributed by atoms with Gasteiger partial charge in [0.1, 0.15) is 0 Å². The molecule has 0 bridgehead atoms. The number of amides is 1. The quantitative estimate of drug-likeness (QED) is 0.672. The summed E-state index contributed by atoms with van der Waals surface area (Å²) in [5.74, 6) is 0.0787. The van der Waals surface area contributed by atoms with Gasteiger partial charge < -0.3 is 5.73 Å². The molecule has 13 heavy (non-hydrogen) atoms. The second kappa shape index (κ2) is 2.97. The van der Waals surface area contributed by atoms with Gasteiger partial charge in [-0.3, -0.25) is 4.79 Å². The fourth-order valence-electron chi connectivity index (χ4n) is 1.33. The average Bonchev–Trinajstić information content (AvgIpc) is 2.17. The van der Waals surface area contributed by atoms with Gasteiger partial charge in [-0.2, -0.15) is 0 Å². The van der Waals surface area contributed by atoms with E-state index in [9.17, 15) is 4.79 Å². The van der Waals surface area contributed by atoms with E-state index >= 15 is 0 Å². The fraction of sp³-hybridized carbons (Fsp3) is 0.222. The summed E-state index contributed by atoms with van der Waals surface area (Å²) >= 11 is 0. The van der Waals surface area contributed by atoms with Gasteiger partial charge in [0.2, 0.25) is 5.91 Å². The molecule has 1 aliphatic rings. The highest BCUT2D eigenvalue weighted by atomic mass is 16.1. The molecule has 0 radical (unpaired) electrons. The number of aromatic nitrogens is 1. The number of fused-ring (bicyclic) bond motifs is 1. The molecule has 4 heteroatoms. The molecule has 1 aromatic rings. The van der Waals surface area contributed by atoms with Gasteiger partial charge in [0, 0.05) is 12.4 Å². The Morgan fingerprint density at radius 1 is 1.62 bits per heavy atom. The summed E-state index contributed by atoms with van der Waals surface area (Å²) in [5.41, 5.74) is 6.15. The largest absolute Gasteiger partial charge is 0.369 e. The molecule has 2 N–H and O–H groups in total. The number of rotatable bonds is 1. The molecule has 0 saturated carbocycles. The molecular formula is C9H9N3O. The minimum absolute atomic E-state index is 0.281. The van der Waals surface area contributed by atoms with Gasteiger partial charge in [-0.05, 0) is 18.1 Å². The minimum Gasteiger partial charge on any atom is -0.369 e. The van der Waals surface area contributed by atoms with Crippen molar-refractivity contribution in [3.05, 3.63) is 23.9 Å². The Labute approximate surface area is 75.5 Å². The van der Waals surface area contributed by atoms with Crippen LogP contribution in [0.1, 0.15) is 5.56 Å². The molecule has 0 aliphatic carbocycles. The standard InChI is InChI=1S/C9H9N3O/c10-8(13)7-4-6-2-1-3-11-9(6)12-5-7/h1-3,5,7H,4H2,(H2,10,13). The summed E-state index contributed by atoms with van der Waals surface area (Å²) in [6.45, 7) is 0. The number of nitrogens with two attached hydrogens (primary N) is 1. The first-order chi connectivity index (χ1) is 6.27. The number of carbonyl (C=O) groups is 1. The molecule has 1 amide bonds. The Morgan fingerprint density at radius 2 is 2.46 bits per heavy atom. The van der Waals surface area contributed by atoms with Crippen LogP contribution in [0.2, 0.25) is 0 Å². The Hall–Kier alpha value is -1.71. The lowest BCUT2D eigenvalue weighted by molar-refractivity contribution is -0.119. The Kier molecular flexibility index (Phi) is 1.81. The van der Waals surface area contributed by atoms with Crippen molar-refractivity contribution in [1.29, 1.82) is 0 Å². The Morgan fingerprint density at radius 3 is 3.23 bits per heavy atom. The molecule has 4 nitrogen and oxygen atoms in total. The predicted octanol–water partition coefficient (Wildman–Crippen LogP) is 0.441. The first kappa shape index (κ1) is 7.91. The molecule has 0 fully saturated rings. The van der Waals surface area contributed by atoms with E-state index in [1.807, 2.05) is 12.1 Å². The van der Waals surface area contributed by atoms with Gasteiger partial charge >= 0.3 is 0 Å². The monoisotopic (exact) mass is 175 g/mol. The van der Waals surface area contributed by atoms with Crippen molar-refractivity contribution in [2.75, 3.05) is 0 Å². The van der Waals surface area contributed by atoms with Crippen molar-refractivity contribution < 1.29 is 4.79 Å². The molecule has 0 spiro atoms. The van der Waals surface area contributed by atoms with E-state index in [2.05, 4.69) is 9.98 Å². The van der Waals surface area contributed by atoms with Crippen molar-refractivity contribution in [2.45, 2.75) is 6.42 Å². The molecule has 2 rings (SSSR count). The highest BCUT2D eigenvalue weighted by molar-refractivity contribution is 5.94. The highest BCUT2D eigenvalue weighted by Crippen LogP contribution is 2.22. The summed E-state index contributed by atoms with van der Waals surface area (Å²) in [6, 6.07) is 3.74. The first-order valence-electron chi connectivity index (χ1n) is 4.05. The fourth-order valence-corrected chi connectivity index (χ4v) is 1.33. The summed E-state index contributed by atoms with van der Waals surface area (Å²) in [7, 11) is 0. The van der Waals surface area contributed by atoms with Crippen LogP contribution in [0.25, 0.3) is 0 Å². The van der Waals surface area contributed by atoms with Crippen molar-refractivity contribution in [3.8, 4) is 0 Å². The van der Waals surface area contributed by atoms with Gasteiger partial charge in [0.25, 0.3) is 0 Å². The topological polar surface area (TPSA) is 68.3 Å². The zero-order valence-electron chi connectivity index (χ0n) is 6.97. The summed E-state index contributed by atoms with van der Waals surface area (Å²) in [6.07, 6.45) is 3.86. The average molecular weight is 175 g/mol. The van der Waals surface area contributed by atoms with E-state index in [0.29, 0.717) is 12.2 Å². The van der Waals surface area contributed by atoms with Gasteiger partial charge in [-0.1, -0.05) is 6.07 Å². The normalized spacial score (nSPS) is 19.5. The second-order valence-corrected chi connectivity index (χ2v) is 2.98. The number of primary amides is 1. The summed E-state index contributed by atoms with van der Waals surface area (Å²) < 4.78 is 0. The zero-order chi connectivity index (χ0) is 9.26. The molecule has 1 atom stereocenters. The van der Waals surface area contributed by atoms with Crippen LogP contribution in [-0.4, -0.2) is 17.1 Å². The maximum absolute atomic E-state index is 10.9. The lowest BCUT2D eigenvalue weighted by Crippen LogP contribution is -2.27. The van der Waals surface area contributed by atoms with Crippen LogP contribution in [0.4, 0.5) is 5.82 Å². The minimum atomic E-state index is -0.335. The molecule has 2 heterocycles. The number of nitrogens with zero attached hydrogens (tertiary/aromatic N) is 2. The number of hydrogen-bond acceptors (Lipinski definition) is 3. The molecule has 66 valence electrons. The van der Waals surface area contributed by atoms with Crippen LogP contribution >= 0.6 is 0 Å². The zero-order valence-corrected chi connectivity index (χ0v) is 6.97. The van der Waals surface area contributed by atoms with E-state index < -0.39 is 0 Å². The lowest BCUT2D eigenvalue weighted by atomic mass is 9.98. The van der Waals surface area contributed by atoms with Crippen LogP contribution in [0, 0.1) is 5.92 Å². The van der Waals surface area contributed by atoms with Crippen molar-refractivity contribution in [1.82, 2.24) is 4.98 Å². The number of hydrogen-bond donors (Lipinski definition) is 1. The molecule has 0 saturated heterocycles. The van der Waals surface area contributed by atoms with E-state index in [1.54, 1.807) is 12.4 Å². The Bertz CT molecular complexity index is 373. The van der Waals surface area contributed by atoms with Crippen LogP contribution < -0.4 is 5.73 Å². The third kappa shape index (κ3) is 1.42. The van der Waals surface area contributed by atoms with E-state index in [0.717, 1.165) is 5.56 Å². The van der Waals surface area contributed by atoms with Crippen molar-refractivity contribution in [2.24, 2.45) is 16.6 Å². The van der Waals surface area contributed by atoms with E-state index in [-0.39, 0.29) is 11.8 Å². The predicted molar refractivity (Wildman–Crippen MR) is 48.8 cm³/mol. The number of carbonyl (C=O) groups excluding carboxylic acids is 1. The molecule has 1 unspecified atom stereocenters. The smallest absolute Gasteiger partial charge is 0.226 e. The van der Waals surface area contributed by atoms with Gasteiger partial charge in [0.05, 0.1) is 5.92 Å². The molecule has 1 aliphatic heterocycles.